The summed E-state index contributed by atoms with van der Waals surface area (Å²) in [7, 11) is -10.5. The van der Waals surface area contributed by atoms with Crippen molar-refractivity contribution in [3.63, 3.8) is 0 Å². The number of hydrogen-bond donors (Lipinski definition) is 0. The molecule has 7 nitrogen and oxygen atoms in total. The van der Waals surface area contributed by atoms with E-state index in [1.54, 1.807) is 0 Å². The van der Waals surface area contributed by atoms with E-state index in [0.717, 1.165) is 0 Å². The lowest BCUT2D eigenvalue weighted by Crippen LogP contribution is -2.19. The van der Waals surface area contributed by atoms with E-state index in [1.165, 1.54) is 6.92 Å². The molecule has 0 bridgehead atoms. The Morgan fingerprint density at radius 3 is 2.00 bits per heavy atom. The van der Waals surface area contributed by atoms with Crippen molar-refractivity contribution in [3.8, 4) is 0 Å². The lowest BCUT2D eigenvalue weighted by molar-refractivity contribution is -0.339. The normalized spacial score (nSPS) is 17.8. The van der Waals surface area contributed by atoms with Gasteiger partial charge in [-0.1, -0.05) is 0 Å². The largest absolute Gasteiger partial charge is 0.790 e. The molecule has 0 aromatic heterocycles. The molecule has 1 atom stereocenters. The summed E-state index contributed by atoms with van der Waals surface area (Å²) >= 11 is 0. The molecule has 0 spiro atoms. The maximum absolute atomic E-state index is 10.3. The van der Waals surface area contributed by atoms with Crippen LogP contribution in [0.2, 0.25) is 0 Å². The molecule has 0 aliphatic carbocycles. The third-order valence-electron chi connectivity index (χ3n) is 0.487. The van der Waals surface area contributed by atoms with Crippen LogP contribution in [-0.4, -0.2) is 6.61 Å². The predicted octanol–water partition coefficient (Wildman–Crippen LogP) is -1.66. The van der Waals surface area contributed by atoms with E-state index in [4.69, 9.17) is 0 Å². The van der Waals surface area contributed by atoms with Crippen LogP contribution in [0.1, 0.15) is 6.92 Å². The van der Waals surface area contributed by atoms with Crippen molar-refractivity contribution >= 4 is 15.6 Å². The molecule has 0 saturated carbocycles. The fraction of sp³-hybridized carbons (Fsp3) is 1.00. The van der Waals surface area contributed by atoms with Crippen LogP contribution in [0.5, 0.6) is 0 Å². The van der Waals surface area contributed by atoms with E-state index < -0.39 is 15.6 Å². The van der Waals surface area contributed by atoms with E-state index in [-0.39, 0.29) is 6.61 Å². The summed E-state index contributed by atoms with van der Waals surface area (Å²) in [5, 5.41) is 0. The molecule has 9 heteroatoms. The van der Waals surface area contributed by atoms with Gasteiger partial charge in [-0.15, -0.1) is 0 Å². The van der Waals surface area contributed by atoms with Crippen molar-refractivity contribution in [3.05, 3.63) is 0 Å². The number of phosphoric ester groups is 1. The Balaban J connectivity index is 4.14. The highest BCUT2D eigenvalue weighted by Gasteiger charge is 2.09. The highest BCUT2D eigenvalue weighted by Crippen LogP contribution is 2.49. The third kappa shape index (κ3) is 6.65. The maximum atomic E-state index is 10.3. The molecule has 0 rings (SSSR count). The Bertz CT molecular complexity index is 204. The van der Waals surface area contributed by atoms with Crippen LogP contribution in [-0.2, 0) is 18.0 Å². The van der Waals surface area contributed by atoms with Gasteiger partial charge in [0.2, 0.25) is 0 Å². The Morgan fingerprint density at radius 2 is 1.73 bits per heavy atom. The van der Waals surface area contributed by atoms with Crippen molar-refractivity contribution in [1.29, 1.82) is 0 Å². The summed E-state index contributed by atoms with van der Waals surface area (Å²) in [5.41, 5.74) is 0. The summed E-state index contributed by atoms with van der Waals surface area (Å²) < 4.78 is 26.9. The van der Waals surface area contributed by atoms with Gasteiger partial charge in [0.25, 0.3) is 7.82 Å². The lowest BCUT2D eigenvalue weighted by Gasteiger charge is -2.34. The van der Waals surface area contributed by atoms with Gasteiger partial charge in [0, 0.05) is 0 Å². The minimum atomic E-state index is -5.52. The van der Waals surface area contributed by atoms with E-state index in [2.05, 4.69) is 8.83 Å². The first kappa shape index (κ1) is 11.3. The van der Waals surface area contributed by atoms with Gasteiger partial charge in [0.15, 0.2) is 0 Å². The van der Waals surface area contributed by atoms with Crippen molar-refractivity contribution in [2.75, 3.05) is 6.61 Å². The number of hydrogen-bond acceptors (Lipinski definition) is 7. The minimum absolute atomic E-state index is 0.291. The topological polar surface area (TPSA) is 122 Å². The molecule has 0 amide bonds. The van der Waals surface area contributed by atoms with Crippen molar-refractivity contribution in [1.82, 2.24) is 0 Å². The molecule has 68 valence electrons. The smallest absolute Gasteiger partial charge is 0.271 e. The highest BCUT2D eigenvalue weighted by molar-refractivity contribution is 7.58. The molecule has 0 aromatic carbocycles. The first-order valence-electron chi connectivity index (χ1n) is 2.46. The number of rotatable bonds is 4. The van der Waals surface area contributed by atoms with E-state index in [1.807, 2.05) is 0 Å². The van der Waals surface area contributed by atoms with Crippen LogP contribution in [0.4, 0.5) is 0 Å². The van der Waals surface area contributed by atoms with Crippen LogP contribution in [0.25, 0.3) is 0 Å². The zero-order valence-electron chi connectivity index (χ0n) is 5.46. The van der Waals surface area contributed by atoms with Crippen LogP contribution < -0.4 is 14.7 Å². The van der Waals surface area contributed by atoms with E-state index in [9.17, 15) is 23.8 Å². The molecule has 0 aliphatic heterocycles. The minimum Gasteiger partial charge on any atom is -0.790 e. The SMILES string of the molecule is CCOP(=O)([O-])OP(=O)([O-])[O-]. The molecule has 0 radical (unpaired) electrons. The van der Waals surface area contributed by atoms with Gasteiger partial charge in [0.1, 0.15) is 0 Å². The average molecular weight is 203 g/mol. The Labute approximate surface area is 62.8 Å². The molecular formula is C2H5O7P2-3. The number of phosphoric acid groups is 2. The molecular weight excluding hydrogens is 198 g/mol. The molecule has 0 N–H and O–H groups in total. The van der Waals surface area contributed by atoms with Gasteiger partial charge in [-0.05, 0) is 6.92 Å². The highest BCUT2D eigenvalue weighted by atomic mass is 31.3. The van der Waals surface area contributed by atoms with Crippen molar-refractivity contribution < 1.29 is 32.6 Å². The molecule has 0 aromatic rings. The second-order valence-corrected chi connectivity index (χ2v) is 4.09. The Kier molecular flexibility index (Phi) is 3.87. The molecule has 0 heterocycles. The predicted molar refractivity (Wildman–Crippen MR) is 27.9 cm³/mol. The lowest BCUT2D eigenvalue weighted by atomic mass is 10.9. The molecule has 0 saturated heterocycles. The second-order valence-electron chi connectivity index (χ2n) is 1.39. The molecule has 1 unspecified atom stereocenters. The van der Waals surface area contributed by atoms with Gasteiger partial charge in [-0.3, -0.25) is 8.88 Å². The summed E-state index contributed by atoms with van der Waals surface area (Å²) in [6.45, 7) is 1.01. The monoisotopic (exact) mass is 203 g/mol. The van der Waals surface area contributed by atoms with Crippen LogP contribution in [0, 0.1) is 0 Å². The zero-order valence-corrected chi connectivity index (χ0v) is 7.25. The van der Waals surface area contributed by atoms with Gasteiger partial charge < -0.3 is 23.8 Å². The first-order chi connectivity index (χ1) is 4.77. The van der Waals surface area contributed by atoms with Crippen molar-refractivity contribution in [2.45, 2.75) is 6.92 Å². The third-order valence-corrected chi connectivity index (χ3v) is 2.66. The Hall–Kier alpha value is 0.260. The molecule has 11 heavy (non-hydrogen) atoms. The Morgan fingerprint density at radius 1 is 1.27 bits per heavy atom. The molecule has 0 aliphatic rings. The zero-order chi connectivity index (χ0) is 9.12. The maximum Gasteiger partial charge on any atom is 0.271 e. The average Bonchev–Trinajstić information content (AvgIpc) is 1.55. The summed E-state index contributed by atoms with van der Waals surface area (Å²) in [6, 6.07) is 0. The van der Waals surface area contributed by atoms with Crippen LogP contribution >= 0.6 is 15.6 Å². The fourth-order valence-corrected chi connectivity index (χ4v) is 1.79. The standard InChI is InChI=1S/C2H8O7P2/c1-2-8-11(6,7)9-10(3,4)5/h2H2,1H3,(H,6,7)(H2,3,4,5)/p-3. The van der Waals surface area contributed by atoms with E-state index >= 15 is 0 Å². The van der Waals surface area contributed by atoms with E-state index in [0.29, 0.717) is 0 Å². The van der Waals surface area contributed by atoms with Crippen LogP contribution in [0.3, 0.4) is 0 Å². The summed E-state index contributed by atoms with van der Waals surface area (Å²) in [4.78, 5) is 29.7. The van der Waals surface area contributed by atoms with Gasteiger partial charge in [-0.2, -0.15) is 0 Å². The van der Waals surface area contributed by atoms with Gasteiger partial charge >= 0.3 is 0 Å². The first-order valence-corrected chi connectivity index (χ1v) is 5.38. The van der Waals surface area contributed by atoms with Crippen molar-refractivity contribution in [2.24, 2.45) is 0 Å². The fourth-order valence-electron chi connectivity index (χ4n) is 0.304. The van der Waals surface area contributed by atoms with Gasteiger partial charge in [0.05, 0.1) is 14.4 Å². The summed E-state index contributed by atoms with van der Waals surface area (Å²) in [6.07, 6.45) is 0. The van der Waals surface area contributed by atoms with Crippen LogP contribution in [0.15, 0.2) is 0 Å². The molecule has 0 fully saturated rings. The van der Waals surface area contributed by atoms with Gasteiger partial charge in [-0.25, -0.2) is 0 Å². The quantitative estimate of drug-likeness (QED) is 0.500. The summed E-state index contributed by atoms with van der Waals surface area (Å²) in [5.74, 6) is 0. The second kappa shape index (κ2) is 3.78.